The van der Waals surface area contributed by atoms with E-state index in [1.165, 1.54) is 11.3 Å². The van der Waals surface area contributed by atoms with Gasteiger partial charge in [-0.25, -0.2) is 9.97 Å². The number of anilines is 1. The van der Waals surface area contributed by atoms with Crippen molar-refractivity contribution in [3.63, 3.8) is 0 Å². The van der Waals surface area contributed by atoms with E-state index in [1.807, 2.05) is 28.7 Å². The fourth-order valence-electron chi connectivity index (χ4n) is 4.88. The van der Waals surface area contributed by atoms with Gasteiger partial charge in [0.15, 0.2) is 10.8 Å². The predicted octanol–water partition coefficient (Wildman–Crippen LogP) is 3.26. The zero-order valence-electron chi connectivity index (χ0n) is 20.4. The number of imidazole rings is 2. The van der Waals surface area contributed by atoms with Gasteiger partial charge in [-0.05, 0) is 57.0 Å². The van der Waals surface area contributed by atoms with Crippen LogP contribution in [0, 0.1) is 17.8 Å². The van der Waals surface area contributed by atoms with Gasteiger partial charge in [-0.15, -0.1) is 0 Å². The first kappa shape index (κ1) is 23.6. The Morgan fingerprint density at radius 3 is 2.80 bits per heavy atom. The largest absolute Gasteiger partial charge is 0.334 e. The molecule has 5 heterocycles. The molecule has 0 aliphatic carbocycles. The topological polar surface area (TPSA) is 98.6 Å². The number of fused-ring (bicyclic) bond motifs is 1. The molecule has 0 spiro atoms. The summed E-state index contributed by atoms with van der Waals surface area (Å²) in [5, 5.41) is 2.94. The lowest BCUT2D eigenvalue weighted by atomic mass is 10.1. The van der Waals surface area contributed by atoms with Gasteiger partial charge in [-0.3, -0.25) is 18.9 Å². The summed E-state index contributed by atoms with van der Waals surface area (Å²) >= 11 is 1.47. The Bertz CT molecular complexity index is 1260. The Morgan fingerprint density at radius 1 is 1.23 bits per heavy atom. The van der Waals surface area contributed by atoms with Gasteiger partial charge >= 0.3 is 0 Å². The van der Waals surface area contributed by atoms with E-state index in [1.54, 1.807) is 6.20 Å². The second kappa shape index (κ2) is 9.84. The number of aromatic nitrogens is 4. The number of likely N-dealkylation sites (N-methyl/N-ethyl adjacent to an activating group) is 1. The molecule has 3 aromatic rings. The Hall–Kier alpha value is -3.16. The van der Waals surface area contributed by atoms with E-state index in [4.69, 9.17) is 0 Å². The molecule has 0 radical (unpaired) electrons. The van der Waals surface area contributed by atoms with Crippen molar-refractivity contribution in [1.82, 2.24) is 29.2 Å². The van der Waals surface area contributed by atoms with Crippen molar-refractivity contribution in [1.29, 1.82) is 0 Å². The lowest BCUT2D eigenvalue weighted by Crippen LogP contribution is -2.37. The van der Waals surface area contributed by atoms with Crippen LogP contribution in [0.3, 0.4) is 0 Å². The number of carbonyl (C=O) groups excluding carboxylic acids is 2. The van der Waals surface area contributed by atoms with Gasteiger partial charge in [0.05, 0.1) is 29.4 Å². The van der Waals surface area contributed by atoms with Crippen LogP contribution in [0.15, 0.2) is 18.6 Å². The molecular formula is C25H31N7O2S. The average Bonchev–Trinajstić information content (AvgIpc) is 3.59. The number of hydrogen-bond donors (Lipinski definition) is 2. The summed E-state index contributed by atoms with van der Waals surface area (Å²) in [6, 6.07) is -0.0837. The molecule has 0 unspecified atom stereocenters. The standard InChI is InChI=1S/C25H31N7O2S/c1-16(2)12-22(33)32-11-5-6-19(32)23-26-13-17(27-23)8-9-18-14-31-15-21(29-25(31)35-18)28-24(34)20-7-4-10-30(20)3/h13-16,19-20H,4-7,10-12H2,1-3H3,(H,26,27)(H,28,34)/t19-,20-/m0/s1. The second-order valence-corrected chi connectivity index (χ2v) is 10.8. The Balaban J connectivity index is 1.24. The predicted molar refractivity (Wildman–Crippen MR) is 135 cm³/mol. The summed E-state index contributed by atoms with van der Waals surface area (Å²) in [6.45, 7) is 5.87. The van der Waals surface area contributed by atoms with Crippen LogP contribution in [-0.4, -0.2) is 67.1 Å². The third-order valence-corrected chi connectivity index (χ3v) is 7.53. The van der Waals surface area contributed by atoms with Crippen LogP contribution in [0.25, 0.3) is 4.96 Å². The lowest BCUT2D eigenvalue weighted by Gasteiger charge is -2.24. The Labute approximate surface area is 208 Å². The number of nitrogens with one attached hydrogen (secondary N) is 2. The molecule has 10 heteroatoms. The van der Waals surface area contributed by atoms with Crippen molar-refractivity contribution in [2.75, 3.05) is 25.5 Å². The fraction of sp³-hybridized carbons (Fsp3) is 0.520. The number of rotatable bonds is 5. The number of H-pyrrole nitrogens is 1. The molecule has 0 bridgehead atoms. The first-order valence-corrected chi connectivity index (χ1v) is 13.0. The fourth-order valence-corrected chi connectivity index (χ4v) is 5.70. The molecule has 0 aromatic carbocycles. The first-order valence-electron chi connectivity index (χ1n) is 12.2. The van der Waals surface area contributed by atoms with Crippen LogP contribution < -0.4 is 5.32 Å². The van der Waals surface area contributed by atoms with E-state index in [2.05, 4.69) is 50.9 Å². The number of amides is 2. The normalized spacial score (nSPS) is 20.5. The van der Waals surface area contributed by atoms with Gasteiger partial charge in [-0.1, -0.05) is 25.2 Å². The minimum absolute atomic E-state index is 0.000478. The molecule has 2 atom stereocenters. The number of nitrogens with zero attached hydrogens (tertiary/aromatic N) is 5. The molecule has 2 N–H and O–H groups in total. The maximum atomic E-state index is 12.6. The van der Waals surface area contributed by atoms with Crippen LogP contribution in [0.4, 0.5) is 5.82 Å². The highest BCUT2D eigenvalue weighted by Crippen LogP contribution is 2.31. The summed E-state index contributed by atoms with van der Waals surface area (Å²) in [5.41, 5.74) is 0.725. The molecular weight excluding hydrogens is 462 g/mol. The van der Waals surface area contributed by atoms with Gasteiger partial charge in [0.2, 0.25) is 11.8 Å². The van der Waals surface area contributed by atoms with E-state index >= 15 is 0 Å². The number of hydrogen-bond acceptors (Lipinski definition) is 6. The summed E-state index contributed by atoms with van der Waals surface area (Å²) < 4.78 is 1.89. The van der Waals surface area contributed by atoms with Crippen molar-refractivity contribution in [3.8, 4) is 11.8 Å². The molecule has 3 aromatic heterocycles. The summed E-state index contributed by atoms with van der Waals surface area (Å²) in [5.74, 6) is 8.22. The van der Waals surface area contributed by atoms with Gasteiger partial charge in [-0.2, -0.15) is 0 Å². The second-order valence-electron chi connectivity index (χ2n) is 9.81. The highest BCUT2D eigenvalue weighted by molar-refractivity contribution is 7.17. The molecule has 35 heavy (non-hydrogen) atoms. The first-order chi connectivity index (χ1) is 16.9. The van der Waals surface area contributed by atoms with Crippen molar-refractivity contribution in [2.45, 2.75) is 58.0 Å². The maximum Gasteiger partial charge on any atom is 0.242 e. The summed E-state index contributed by atoms with van der Waals surface area (Å²) in [4.78, 5) is 43.1. The number of thiazole rings is 1. The number of likely N-dealkylation sites (tertiary alicyclic amines) is 2. The maximum absolute atomic E-state index is 12.6. The van der Waals surface area contributed by atoms with Crippen LogP contribution in [0.1, 0.15) is 68.4 Å². The highest BCUT2D eigenvalue weighted by Gasteiger charge is 2.32. The molecule has 2 amide bonds. The molecule has 184 valence electrons. The van der Waals surface area contributed by atoms with Gasteiger partial charge in [0.1, 0.15) is 11.5 Å². The third kappa shape index (κ3) is 5.11. The van der Waals surface area contributed by atoms with Crippen LogP contribution >= 0.6 is 11.3 Å². The third-order valence-electron chi connectivity index (χ3n) is 6.62. The van der Waals surface area contributed by atoms with Crippen LogP contribution in [0.5, 0.6) is 0 Å². The molecule has 2 saturated heterocycles. The van der Waals surface area contributed by atoms with E-state index in [9.17, 15) is 9.59 Å². The van der Waals surface area contributed by atoms with Crippen molar-refractivity contribution in [2.24, 2.45) is 5.92 Å². The van der Waals surface area contributed by atoms with Gasteiger partial charge in [0.25, 0.3) is 0 Å². The van der Waals surface area contributed by atoms with E-state index in [0.29, 0.717) is 18.2 Å². The minimum Gasteiger partial charge on any atom is -0.334 e. The Morgan fingerprint density at radius 2 is 2.06 bits per heavy atom. The van der Waals surface area contributed by atoms with E-state index in [0.717, 1.165) is 60.1 Å². The van der Waals surface area contributed by atoms with E-state index in [-0.39, 0.29) is 23.9 Å². The zero-order valence-corrected chi connectivity index (χ0v) is 21.2. The molecule has 2 aliphatic rings. The molecule has 2 aliphatic heterocycles. The van der Waals surface area contributed by atoms with Gasteiger partial charge in [0, 0.05) is 19.2 Å². The molecule has 5 rings (SSSR count). The van der Waals surface area contributed by atoms with Crippen LogP contribution in [-0.2, 0) is 9.59 Å². The monoisotopic (exact) mass is 493 g/mol. The summed E-state index contributed by atoms with van der Waals surface area (Å²) in [7, 11) is 1.98. The molecule has 2 fully saturated rings. The van der Waals surface area contributed by atoms with Crippen molar-refractivity contribution in [3.05, 3.63) is 35.0 Å². The average molecular weight is 494 g/mol. The van der Waals surface area contributed by atoms with E-state index < -0.39 is 0 Å². The lowest BCUT2D eigenvalue weighted by molar-refractivity contribution is -0.133. The number of carbonyl (C=O) groups is 2. The van der Waals surface area contributed by atoms with Gasteiger partial charge < -0.3 is 15.2 Å². The smallest absolute Gasteiger partial charge is 0.242 e. The minimum atomic E-state index is -0.0832. The quantitative estimate of drug-likeness (QED) is 0.532. The molecule has 9 nitrogen and oxygen atoms in total. The Kier molecular flexibility index (Phi) is 6.62. The SMILES string of the molecule is CC(C)CC(=O)N1CCC[C@H]1c1ncc(C#Cc2cn3cc(NC(=O)[C@@H]4CCCN4C)nc3s2)[nH]1. The zero-order chi connectivity index (χ0) is 24.5. The molecule has 0 saturated carbocycles. The van der Waals surface area contributed by atoms with Crippen LogP contribution in [0.2, 0.25) is 0 Å². The number of aromatic amines is 1. The summed E-state index contributed by atoms with van der Waals surface area (Å²) in [6.07, 6.45) is 9.87. The highest BCUT2D eigenvalue weighted by atomic mass is 32.1. The van der Waals surface area contributed by atoms with Crippen molar-refractivity contribution < 1.29 is 9.59 Å². The van der Waals surface area contributed by atoms with Crippen molar-refractivity contribution >= 4 is 33.9 Å².